The van der Waals surface area contributed by atoms with Crippen molar-refractivity contribution in [1.29, 1.82) is 0 Å². The van der Waals surface area contributed by atoms with E-state index >= 15 is 0 Å². The van der Waals surface area contributed by atoms with Gasteiger partial charge in [0.05, 0.1) is 11.4 Å². The molecule has 0 saturated heterocycles. The van der Waals surface area contributed by atoms with Crippen LogP contribution in [0, 0.1) is 11.6 Å². The number of benzene rings is 2. The van der Waals surface area contributed by atoms with E-state index in [4.69, 9.17) is 0 Å². The van der Waals surface area contributed by atoms with Crippen LogP contribution in [0.3, 0.4) is 0 Å². The lowest BCUT2D eigenvalue weighted by Crippen LogP contribution is -2.20. The summed E-state index contributed by atoms with van der Waals surface area (Å²) in [6.07, 6.45) is 3.20. The Hall–Kier alpha value is -3.53. The predicted octanol–water partition coefficient (Wildman–Crippen LogP) is 2.89. The van der Waals surface area contributed by atoms with Gasteiger partial charge in [0.25, 0.3) is 0 Å². The van der Waals surface area contributed by atoms with Crippen LogP contribution in [0.2, 0.25) is 0 Å². The van der Waals surface area contributed by atoms with Gasteiger partial charge in [-0.1, -0.05) is 30.0 Å². The molecule has 0 aliphatic carbocycles. The summed E-state index contributed by atoms with van der Waals surface area (Å²) in [6, 6.07) is 11.9. The molecule has 7 nitrogen and oxygen atoms in total. The molecule has 2 aromatic carbocycles. The van der Waals surface area contributed by atoms with Crippen LogP contribution >= 0.6 is 11.8 Å². The zero-order valence-corrected chi connectivity index (χ0v) is 15.6. The molecule has 0 aliphatic rings. The number of rotatable bonds is 5. The van der Waals surface area contributed by atoms with E-state index < -0.39 is 17.5 Å². The first kappa shape index (κ1) is 18.8. The number of thioether (sulfide) groups is 1. The number of nitrogens with zero attached hydrogens (tertiary/aromatic N) is 4. The number of anilines is 1. The third-order valence-electron chi connectivity index (χ3n) is 4.01. The van der Waals surface area contributed by atoms with Crippen molar-refractivity contribution < 1.29 is 13.6 Å². The lowest BCUT2D eigenvalue weighted by Gasteiger charge is -2.07. The van der Waals surface area contributed by atoms with Crippen molar-refractivity contribution in [3.8, 4) is 5.69 Å². The van der Waals surface area contributed by atoms with Crippen LogP contribution in [0.5, 0.6) is 0 Å². The number of para-hydroxylation sites is 1. The van der Waals surface area contributed by atoms with Crippen LogP contribution in [0.25, 0.3) is 11.3 Å². The molecular weight excluding hydrogens is 400 g/mol. The molecule has 0 bridgehead atoms. The molecule has 0 atom stereocenters. The van der Waals surface area contributed by atoms with Gasteiger partial charge in [0.2, 0.25) is 11.6 Å². The fraction of sp³-hybridized carbons (Fsp3) is 0.0526. The van der Waals surface area contributed by atoms with Crippen LogP contribution in [-0.4, -0.2) is 30.8 Å². The normalized spacial score (nSPS) is 11.0. The molecule has 29 heavy (non-hydrogen) atoms. The van der Waals surface area contributed by atoms with Crippen LogP contribution in [-0.2, 0) is 4.79 Å². The molecule has 146 valence electrons. The molecule has 4 rings (SSSR count). The Balaban J connectivity index is 1.52. The molecule has 10 heteroatoms. The van der Waals surface area contributed by atoms with Gasteiger partial charge in [-0.15, -0.1) is 10.2 Å². The average molecular weight is 413 g/mol. The highest BCUT2D eigenvalue weighted by Gasteiger charge is 2.14. The number of fused-ring (bicyclic) bond motifs is 1. The summed E-state index contributed by atoms with van der Waals surface area (Å²) in [6.45, 7) is 0. The highest BCUT2D eigenvalue weighted by molar-refractivity contribution is 7.99. The van der Waals surface area contributed by atoms with E-state index in [1.54, 1.807) is 24.5 Å². The van der Waals surface area contributed by atoms with Crippen LogP contribution in [0.1, 0.15) is 0 Å². The number of hydrogen-bond donors (Lipinski definition) is 1. The number of nitrogens with one attached hydrogen (secondary N) is 1. The summed E-state index contributed by atoms with van der Waals surface area (Å²) >= 11 is 1.02. The molecule has 1 amide bonds. The number of hydrogen-bond acceptors (Lipinski definition) is 5. The van der Waals surface area contributed by atoms with Crippen molar-refractivity contribution in [2.45, 2.75) is 5.16 Å². The maximum atomic E-state index is 13.6. The summed E-state index contributed by atoms with van der Waals surface area (Å²) in [7, 11) is 0. The quantitative estimate of drug-likeness (QED) is 0.509. The van der Waals surface area contributed by atoms with E-state index in [0.717, 1.165) is 30.0 Å². The zero-order valence-electron chi connectivity index (χ0n) is 14.8. The van der Waals surface area contributed by atoms with E-state index in [0.29, 0.717) is 10.8 Å². The zero-order chi connectivity index (χ0) is 20.4. The minimum absolute atomic E-state index is 0.107. The second kappa shape index (κ2) is 7.84. The van der Waals surface area contributed by atoms with Crippen molar-refractivity contribution in [3.05, 3.63) is 82.9 Å². The standard InChI is InChI=1S/C19H13F2N5O2S/c20-12-6-7-14(21)15(10-12)22-16(27)11-29-19-24-23-17-18(28)25(8-9-26(17)19)13-4-2-1-3-5-13/h1-10H,11H2,(H,22,27). The summed E-state index contributed by atoms with van der Waals surface area (Å²) in [5, 5.41) is 10.5. The maximum Gasteiger partial charge on any atom is 0.300 e. The summed E-state index contributed by atoms with van der Waals surface area (Å²) in [5.41, 5.74) is 0.195. The van der Waals surface area contributed by atoms with Gasteiger partial charge < -0.3 is 5.32 Å². The maximum absolute atomic E-state index is 13.6. The van der Waals surface area contributed by atoms with Crippen molar-refractivity contribution in [2.24, 2.45) is 0 Å². The Labute approximate surface area is 167 Å². The van der Waals surface area contributed by atoms with Crippen molar-refractivity contribution in [1.82, 2.24) is 19.2 Å². The molecule has 0 fully saturated rings. The van der Waals surface area contributed by atoms with Gasteiger partial charge in [-0.05, 0) is 24.3 Å². The van der Waals surface area contributed by atoms with Gasteiger partial charge in [0.15, 0.2) is 5.16 Å². The number of carbonyl (C=O) groups is 1. The topological polar surface area (TPSA) is 81.3 Å². The Bertz CT molecular complexity index is 1260. The minimum atomic E-state index is -0.737. The first-order chi connectivity index (χ1) is 14.0. The van der Waals surface area contributed by atoms with E-state index in [9.17, 15) is 18.4 Å². The molecule has 0 aliphatic heterocycles. The van der Waals surface area contributed by atoms with E-state index in [1.165, 1.54) is 8.97 Å². The molecule has 0 radical (unpaired) electrons. The fourth-order valence-corrected chi connectivity index (χ4v) is 3.38. The molecular formula is C19H13F2N5O2S. The van der Waals surface area contributed by atoms with Gasteiger partial charge in [-0.25, -0.2) is 8.78 Å². The number of carbonyl (C=O) groups excluding carboxylic acids is 1. The average Bonchev–Trinajstić information content (AvgIpc) is 3.14. The number of halogens is 2. The summed E-state index contributed by atoms with van der Waals surface area (Å²) in [4.78, 5) is 24.7. The second-order valence-corrected chi connectivity index (χ2v) is 6.89. The van der Waals surface area contributed by atoms with Crippen molar-refractivity contribution in [2.75, 3.05) is 11.1 Å². The van der Waals surface area contributed by atoms with Crippen molar-refractivity contribution >= 4 is 29.0 Å². The Kier molecular flexibility index (Phi) is 5.09. The minimum Gasteiger partial charge on any atom is -0.323 e. The van der Waals surface area contributed by atoms with Gasteiger partial charge in [-0.2, -0.15) is 0 Å². The lowest BCUT2D eigenvalue weighted by molar-refractivity contribution is -0.113. The molecule has 2 aromatic heterocycles. The molecule has 0 unspecified atom stereocenters. The van der Waals surface area contributed by atoms with Gasteiger partial charge in [-0.3, -0.25) is 18.6 Å². The molecule has 1 N–H and O–H groups in total. The lowest BCUT2D eigenvalue weighted by atomic mass is 10.3. The third-order valence-corrected chi connectivity index (χ3v) is 4.95. The molecule has 4 aromatic rings. The van der Waals surface area contributed by atoms with Gasteiger partial charge >= 0.3 is 5.56 Å². The highest BCUT2D eigenvalue weighted by Crippen LogP contribution is 2.19. The molecule has 0 spiro atoms. The van der Waals surface area contributed by atoms with Crippen molar-refractivity contribution in [3.63, 3.8) is 0 Å². The van der Waals surface area contributed by atoms with E-state index in [-0.39, 0.29) is 22.6 Å². The Morgan fingerprint density at radius 2 is 1.86 bits per heavy atom. The van der Waals surface area contributed by atoms with E-state index in [2.05, 4.69) is 15.5 Å². The number of amides is 1. The van der Waals surface area contributed by atoms with Crippen LogP contribution in [0.4, 0.5) is 14.5 Å². The first-order valence-electron chi connectivity index (χ1n) is 8.42. The number of aromatic nitrogens is 4. The van der Waals surface area contributed by atoms with Gasteiger partial charge in [0, 0.05) is 24.1 Å². The van der Waals surface area contributed by atoms with Crippen LogP contribution in [0.15, 0.2) is 70.9 Å². The smallest absolute Gasteiger partial charge is 0.300 e. The van der Waals surface area contributed by atoms with Gasteiger partial charge in [0.1, 0.15) is 11.6 Å². The first-order valence-corrected chi connectivity index (χ1v) is 9.41. The predicted molar refractivity (Wildman–Crippen MR) is 104 cm³/mol. The largest absolute Gasteiger partial charge is 0.323 e. The molecule has 0 saturated carbocycles. The second-order valence-electron chi connectivity index (χ2n) is 5.95. The Morgan fingerprint density at radius 1 is 1.07 bits per heavy atom. The van der Waals surface area contributed by atoms with Crippen LogP contribution < -0.4 is 10.9 Å². The fourth-order valence-electron chi connectivity index (χ4n) is 2.67. The third kappa shape index (κ3) is 3.87. The van der Waals surface area contributed by atoms with E-state index in [1.807, 2.05) is 18.2 Å². The molecule has 2 heterocycles. The highest BCUT2D eigenvalue weighted by atomic mass is 32.2. The summed E-state index contributed by atoms with van der Waals surface area (Å²) < 4.78 is 29.7. The monoisotopic (exact) mass is 413 g/mol. The SMILES string of the molecule is O=C(CSc1nnc2c(=O)n(-c3ccccc3)ccn12)Nc1cc(F)ccc1F. The Morgan fingerprint density at radius 3 is 2.66 bits per heavy atom. The summed E-state index contributed by atoms with van der Waals surface area (Å²) in [5.74, 6) is -2.07.